The summed E-state index contributed by atoms with van der Waals surface area (Å²) in [6.45, 7) is 4.25. The Bertz CT molecular complexity index is 818. The maximum Gasteiger partial charge on any atom is 0.261 e. The Morgan fingerprint density at radius 2 is 2.04 bits per heavy atom. The minimum absolute atomic E-state index is 0.0235. The van der Waals surface area contributed by atoms with Crippen LogP contribution < -0.4 is 5.73 Å². The maximum absolute atomic E-state index is 12.6. The molecule has 1 spiro atoms. The van der Waals surface area contributed by atoms with Crippen molar-refractivity contribution in [1.29, 1.82) is 0 Å². The normalized spacial score (nSPS) is 30.1. The van der Waals surface area contributed by atoms with Crippen LogP contribution in [0.3, 0.4) is 0 Å². The lowest BCUT2D eigenvalue weighted by atomic mass is 9.73. The van der Waals surface area contributed by atoms with E-state index in [1.54, 1.807) is 24.4 Å². The number of carbonyl (C=O) groups excluding carboxylic acids is 1. The van der Waals surface area contributed by atoms with Gasteiger partial charge in [0.1, 0.15) is 5.92 Å². The fraction of sp³-hybridized carbons (Fsp3) is 0.526. The molecule has 0 aliphatic carbocycles. The van der Waals surface area contributed by atoms with Gasteiger partial charge in [-0.05, 0) is 31.4 Å². The second-order valence-corrected chi connectivity index (χ2v) is 8.33. The second-order valence-electron chi connectivity index (χ2n) is 7.54. The Balaban J connectivity index is 1.46. The number of hydrogen-bond acceptors (Lipinski definition) is 5. The van der Waals surface area contributed by atoms with Gasteiger partial charge < -0.3 is 15.4 Å². The largest absolute Gasteiger partial charge is 0.376 e. The summed E-state index contributed by atoms with van der Waals surface area (Å²) in [6, 6.07) is 5.28. The van der Waals surface area contributed by atoms with Crippen LogP contribution in [0.1, 0.15) is 31.2 Å². The number of ether oxygens (including phenoxy) is 1. The van der Waals surface area contributed by atoms with Crippen molar-refractivity contribution in [2.75, 3.05) is 19.7 Å². The fourth-order valence-electron chi connectivity index (χ4n) is 4.15. The highest BCUT2D eigenvalue weighted by atomic mass is 35.5. The highest BCUT2D eigenvalue weighted by molar-refractivity contribution is 6.42. The predicted octanol–water partition coefficient (Wildman–Crippen LogP) is 2.87. The van der Waals surface area contributed by atoms with Gasteiger partial charge in [0.2, 0.25) is 5.96 Å². The lowest BCUT2D eigenvalue weighted by Crippen LogP contribution is -2.51. The summed E-state index contributed by atoms with van der Waals surface area (Å²) < 4.78 is 5.76. The van der Waals surface area contributed by atoms with E-state index in [-0.39, 0.29) is 23.5 Å². The molecule has 144 valence electrons. The summed E-state index contributed by atoms with van der Waals surface area (Å²) in [5.41, 5.74) is 7.01. The number of carbonyl (C=O) groups is 1. The van der Waals surface area contributed by atoms with Crippen molar-refractivity contribution in [3.63, 3.8) is 0 Å². The number of rotatable bonds is 1. The van der Waals surface area contributed by atoms with Crippen molar-refractivity contribution >= 4 is 41.3 Å². The van der Waals surface area contributed by atoms with Gasteiger partial charge in [-0.25, -0.2) is 4.99 Å². The van der Waals surface area contributed by atoms with Crippen molar-refractivity contribution in [3.05, 3.63) is 33.8 Å². The van der Waals surface area contributed by atoms with Gasteiger partial charge in [0, 0.05) is 30.8 Å². The van der Waals surface area contributed by atoms with Gasteiger partial charge in [0.25, 0.3) is 5.91 Å². The van der Waals surface area contributed by atoms with Gasteiger partial charge >= 0.3 is 0 Å². The highest BCUT2D eigenvalue weighted by Crippen LogP contribution is 2.41. The number of piperidine rings is 1. The van der Waals surface area contributed by atoms with E-state index in [1.165, 1.54) is 0 Å². The number of guanidine groups is 1. The molecule has 1 amide bonds. The summed E-state index contributed by atoms with van der Waals surface area (Å²) >= 11 is 12.3. The number of amides is 1. The highest BCUT2D eigenvalue weighted by Gasteiger charge is 2.48. The Morgan fingerprint density at radius 3 is 2.67 bits per heavy atom. The van der Waals surface area contributed by atoms with Crippen LogP contribution >= 0.6 is 23.2 Å². The van der Waals surface area contributed by atoms with E-state index in [2.05, 4.69) is 9.98 Å². The first-order valence-corrected chi connectivity index (χ1v) is 9.90. The third-order valence-electron chi connectivity index (χ3n) is 6.02. The molecule has 1 unspecified atom stereocenters. The van der Waals surface area contributed by atoms with E-state index in [9.17, 15) is 4.79 Å². The number of halogens is 2. The third kappa shape index (κ3) is 3.29. The number of nitrogens with zero attached hydrogens (tertiary/aromatic N) is 3. The molecule has 8 heteroatoms. The van der Waals surface area contributed by atoms with Gasteiger partial charge in [0.15, 0.2) is 0 Å². The molecule has 1 aromatic rings. The molecule has 6 nitrogen and oxygen atoms in total. The van der Waals surface area contributed by atoms with Crippen LogP contribution in [0.25, 0.3) is 0 Å². The molecule has 3 aliphatic rings. The Morgan fingerprint density at radius 1 is 1.30 bits per heavy atom. The van der Waals surface area contributed by atoms with E-state index in [0.717, 1.165) is 25.9 Å². The zero-order valence-electron chi connectivity index (χ0n) is 15.1. The molecule has 1 aromatic carbocycles. The molecule has 2 N–H and O–H groups in total. The molecule has 0 aromatic heterocycles. The van der Waals surface area contributed by atoms with Crippen molar-refractivity contribution in [2.45, 2.75) is 37.8 Å². The molecule has 0 bridgehead atoms. The number of hydrogen-bond donors (Lipinski definition) is 1. The van der Waals surface area contributed by atoms with Gasteiger partial charge in [-0.1, -0.05) is 35.3 Å². The van der Waals surface area contributed by atoms with E-state index in [0.29, 0.717) is 28.2 Å². The van der Waals surface area contributed by atoms with Crippen molar-refractivity contribution in [3.8, 4) is 0 Å². The van der Waals surface area contributed by atoms with Crippen LogP contribution in [0.5, 0.6) is 0 Å². The number of aliphatic imine (C=N–C) groups is 2. The summed E-state index contributed by atoms with van der Waals surface area (Å²) in [5, 5.41) is 0.780. The van der Waals surface area contributed by atoms with Crippen LogP contribution in [-0.4, -0.2) is 54.8 Å². The average Bonchev–Trinajstić information content (AvgIpc) is 2.94. The SMILES string of the molecule is C[C@@H]1OCC2(CCN(C3=NC(=O)C(c4cccc(Cl)c4Cl)C=N3)CC2)[C@@H]1N. The zero-order chi connectivity index (χ0) is 19.2. The third-order valence-corrected chi connectivity index (χ3v) is 6.85. The van der Waals surface area contributed by atoms with E-state index in [4.69, 9.17) is 33.7 Å². The average molecular weight is 409 g/mol. The van der Waals surface area contributed by atoms with Crippen molar-refractivity contribution in [1.82, 2.24) is 4.90 Å². The minimum Gasteiger partial charge on any atom is -0.376 e. The standard InChI is InChI=1S/C19H22Cl2N4O2/c1-11-16(22)19(10-27-11)5-7-25(8-6-19)18-23-9-13(17(26)24-18)12-3-2-4-14(20)15(12)21/h2-4,9,11,13,16H,5-8,10,22H2,1H3/t11-,13?,16+/m0/s1. The van der Waals surface area contributed by atoms with Crippen LogP contribution in [0, 0.1) is 5.41 Å². The van der Waals surface area contributed by atoms with Crippen molar-refractivity contribution in [2.24, 2.45) is 21.1 Å². The molecule has 3 atom stereocenters. The van der Waals surface area contributed by atoms with Crippen LogP contribution in [0.15, 0.2) is 28.2 Å². The first-order chi connectivity index (χ1) is 12.9. The van der Waals surface area contributed by atoms with Crippen LogP contribution in [0.2, 0.25) is 10.0 Å². The smallest absolute Gasteiger partial charge is 0.261 e. The van der Waals surface area contributed by atoms with Crippen molar-refractivity contribution < 1.29 is 9.53 Å². The molecule has 0 radical (unpaired) electrons. The number of nitrogens with two attached hydrogens (primary N) is 1. The lowest BCUT2D eigenvalue weighted by Gasteiger charge is -2.41. The molecular formula is C19H22Cl2N4O2. The van der Waals surface area contributed by atoms with Gasteiger partial charge in [-0.2, -0.15) is 4.99 Å². The topological polar surface area (TPSA) is 80.3 Å². The summed E-state index contributed by atoms with van der Waals surface area (Å²) in [5.74, 6) is -0.419. The molecule has 0 saturated carbocycles. The molecule has 27 heavy (non-hydrogen) atoms. The lowest BCUT2D eigenvalue weighted by molar-refractivity contribution is -0.117. The Kier molecular flexibility index (Phi) is 5.01. The van der Waals surface area contributed by atoms with E-state index in [1.807, 2.05) is 11.8 Å². The van der Waals surface area contributed by atoms with Crippen LogP contribution in [0.4, 0.5) is 0 Å². The molecular weight excluding hydrogens is 387 g/mol. The first kappa shape index (κ1) is 18.9. The summed E-state index contributed by atoms with van der Waals surface area (Å²) in [4.78, 5) is 23.3. The molecule has 2 fully saturated rings. The molecule has 3 aliphatic heterocycles. The fourth-order valence-corrected chi connectivity index (χ4v) is 4.58. The Hall–Kier alpha value is -1.47. The van der Waals surface area contributed by atoms with Gasteiger partial charge in [-0.3, -0.25) is 4.79 Å². The van der Waals surface area contributed by atoms with Crippen LogP contribution in [-0.2, 0) is 9.53 Å². The molecule has 4 rings (SSSR count). The Labute approximate surface area is 168 Å². The van der Waals surface area contributed by atoms with E-state index < -0.39 is 5.92 Å². The molecule has 2 saturated heterocycles. The quantitative estimate of drug-likeness (QED) is 0.774. The molecule has 3 heterocycles. The summed E-state index contributed by atoms with van der Waals surface area (Å²) in [6.07, 6.45) is 3.51. The van der Waals surface area contributed by atoms with Gasteiger partial charge in [-0.15, -0.1) is 0 Å². The monoisotopic (exact) mass is 408 g/mol. The van der Waals surface area contributed by atoms with E-state index >= 15 is 0 Å². The summed E-state index contributed by atoms with van der Waals surface area (Å²) in [7, 11) is 0. The maximum atomic E-state index is 12.6. The predicted molar refractivity (Wildman–Crippen MR) is 107 cm³/mol. The number of benzene rings is 1. The second kappa shape index (κ2) is 7.17. The minimum atomic E-state index is -0.603. The number of likely N-dealkylation sites (tertiary alicyclic amines) is 1. The van der Waals surface area contributed by atoms with Gasteiger partial charge in [0.05, 0.1) is 22.8 Å². The first-order valence-electron chi connectivity index (χ1n) is 9.14. The zero-order valence-corrected chi connectivity index (χ0v) is 16.6.